The largest absolute Gasteiger partial charge is 0.480 e. The van der Waals surface area contributed by atoms with Crippen molar-refractivity contribution < 1.29 is 19.8 Å². The molecule has 0 heterocycles. The lowest BCUT2D eigenvalue weighted by Crippen LogP contribution is -2.41. The van der Waals surface area contributed by atoms with Crippen molar-refractivity contribution in [1.82, 2.24) is 5.32 Å². The summed E-state index contributed by atoms with van der Waals surface area (Å²) in [5, 5.41) is 20.3. The van der Waals surface area contributed by atoms with Crippen molar-refractivity contribution >= 4 is 46.1 Å². The smallest absolute Gasteiger partial charge is 0.326 e. The van der Waals surface area contributed by atoms with Crippen molar-refractivity contribution in [3.05, 3.63) is 32.4 Å². The first kappa shape index (κ1) is 15.2. The summed E-state index contributed by atoms with van der Waals surface area (Å²) in [6.07, 6.45) is -0.0425. The van der Waals surface area contributed by atoms with Gasteiger partial charge in [0.2, 0.25) is 0 Å². The van der Waals surface area contributed by atoms with Crippen molar-refractivity contribution in [3.8, 4) is 0 Å². The molecular weight excluding hydrogens is 372 g/mol. The molecule has 1 atom stereocenters. The van der Waals surface area contributed by atoms with Crippen LogP contribution in [0.15, 0.2) is 18.2 Å². The maximum Gasteiger partial charge on any atom is 0.326 e. The van der Waals surface area contributed by atoms with E-state index in [0.29, 0.717) is 5.02 Å². The molecule has 1 rings (SSSR count). The van der Waals surface area contributed by atoms with Gasteiger partial charge in [-0.3, -0.25) is 4.79 Å². The van der Waals surface area contributed by atoms with E-state index < -0.39 is 17.9 Å². The van der Waals surface area contributed by atoms with E-state index in [9.17, 15) is 9.59 Å². The fourth-order valence-electron chi connectivity index (χ4n) is 1.27. The van der Waals surface area contributed by atoms with Gasteiger partial charge in [0.1, 0.15) is 6.04 Å². The number of carbonyl (C=O) groups excluding carboxylic acids is 1. The van der Waals surface area contributed by atoms with E-state index in [1.54, 1.807) is 12.1 Å². The van der Waals surface area contributed by atoms with E-state index in [0.717, 1.165) is 3.57 Å². The third-order valence-corrected chi connectivity index (χ3v) is 3.78. The van der Waals surface area contributed by atoms with Crippen LogP contribution >= 0.6 is 34.2 Å². The molecule has 1 aromatic rings. The van der Waals surface area contributed by atoms with Crippen LogP contribution in [0.3, 0.4) is 0 Å². The Labute approximate surface area is 122 Å². The van der Waals surface area contributed by atoms with Crippen LogP contribution < -0.4 is 5.32 Å². The van der Waals surface area contributed by atoms with Crippen LogP contribution in [0, 0.1) is 3.57 Å². The summed E-state index contributed by atoms with van der Waals surface area (Å²) in [7, 11) is 0. The van der Waals surface area contributed by atoms with Crippen LogP contribution in [0.1, 0.15) is 16.8 Å². The van der Waals surface area contributed by atoms with Gasteiger partial charge in [0.15, 0.2) is 0 Å². The van der Waals surface area contributed by atoms with Crippen molar-refractivity contribution in [3.63, 3.8) is 0 Å². The minimum atomic E-state index is -1.19. The van der Waals surface area contributed by atoms with Crippen molar-refractivity contribution in [2.75, 3.05) is 6.61 Å². The molecule has 0 spiro atoms. The summed E-state index contributed by atoms with van der Waals surface area (Å²) in [6.45, 7) is -0.315. The van der Waals surface area contributed by atoms with E-state index in [1.807, 2.05) is 22.6 Å². The summed E-state index contributed by atoms with van der Waals surface area (Å²) in [6, 6.07) is 3.58. The van der Waals surface area contributed by atoms with Gasteiger partial charge in [-0.05, 0) is 40.8 Å². The Hall–Kier alpha value is -0.860. The number of aliphatic hydroxyl groups excluding tert-OH is 1. The van der Waals surface area contributed by atoms with Gasteiger partial charge in [0, 0.05) is 22.2 Å². The number of benzene rings is 1. The Morgan fingerprint density at radius 1 is 1.44 bits per heavy atom. The number of carbonyl (C=O) groups is 2. The molecule has 0 unspecified atom stereocenters. The molecule has 1 aromatic carbocycles. The van der Waals surface area contributed by atoms with Gasteiger partial charge in [-0.25, -0.2) is 4.79 Å². The average Bonchev–Trinajstić information content (AvgIpc) is 2.31. The van der Waals surface area contributed by atoms with Gasteiger partial charge in [-0.1, -0.05) is 11.6 Å². The number of rotatable bonds is 5. The molecule has 0 aromatic heterocycles. The molecule has 0 saturated heterocycles. The van der Waals surface area contributed by atoms with Crippen LogP contribution in [0.5, 0.6) is 0 Å². The Morgan fingerprint density at radius 2 is 2.11 bits per heavy atom. The van der Waals surface area contributed by atoms with E-state index >= 15 is 0 Å². The van der Waals surface area contributed by atoms with E-state index in [4.69, 9.17) is 21.8 Å². The number of hydrogen-bond donors (Lipinski definition) is 3. The lowest BCUT2D eigenvalue weighted by Gasteiger charge is -2.13. The fraction of sp³-hybridized carbons (Fsp3) is 0.273. The van der Waals surface area contributed by atoms with Gasteiger partial charge >= 0.3 is 5.97 Å². The Bertz CT molecular complexity index is 466. The van der Waals surface area contributed by atoms with Gasteiger partial charge in [0.05, 0.1) is 5.02 Å². The third-order valence-electron chi connectivity index (χ3n) is 2.20. The quantitative estimate of drug-likeness (QED) is 0.673. The normalized spacial score (nSPS) is 11.9. The van der Waals surface area contributed by atoms with Crippen LogP contribution in [0.25, 0.3) is 0 Å². The second-order valence-corrected chi connectivity index (χ2v) is 5.07. The first-order valence-corrected chi connectivity index (χ1v) is 6.51. The second kappa shape index (κ2) is 6.91. The SMILES string of the molecule is O=C(N[C@@H](CCO)C(=O)O)c1ccc(I)c(Cl)c1. The van der Waals surface area contributed by atoms with Gasteiger partial charge in [-0.15, -0.1) is 0 Å². The molecule has 3 N–H and O–H groups in total. The fourth-order valence-corrected chi connectivity index (χ4v) is 1.78. The molecule has 1 amide bonds. The Kier molecular flexibility index (Phi) is 5.83. The summed E-state index contributed by atoms with van der Waals surface area (Å²) in [4.78, 5) is 22.6. The number of hydrogen-bond acceptors (Lipinski definition) is 3. The van der Waals surface area contributed by atoms with Gasteiger partial charge in [-0.2, -0.15) is 0 Å². The number of nitrogens with one attached hydrogen (secondary N) is 1. The minimum Gasteiger partial charge on any atom is -0.480 e. The van der Waals surface area contributed by atoms with Crippen LogP contribution in [-0.2, 0) is 4.79 Å². The lowest BCUT2D eigenvalue weighted by molar-refractivity contribution is -0.139. The van der Waals surface area contributed by atoms with Gasteiger partial charge in [0.25, 0.3) is 5.91 Å². The average molecular weight is 384 g/mol. The molecular formula is C11H11ClINO4. The maximum atomic E-state index is 11.8. The van der Waals surface area contributed by atoms with Crippen molar-refractivity contribution in [2.45, 2.75) is 12.5 Å². The molecule has 0 saturated carbocycles. The third kappa shape index (κ3) is 4.11. The van der Waals surface area contributed by atoms with Crippen LogP contribution in [0.2, 0.25) is 5.02 Å². The zero-order valence-electron chi connectivity index (χ0n) is 9.19. The molecule has 5 nitrogen and oxygen atoms in total. The van der Waals surface area contributed by atoms with E-state index in [-0.39, 0.29) is 18.6 Å². The molecule has 7 heteroatoms. The summed E-state index contributed by atoms with van der Waals surface area (Å²) < 4.78 is 0.802. The molecule has 18 heavy (non-hydrogen) atoms. The minimum absolute atomic E-state index is 0.0425. The first-order valence-electron chi connectivity index (χ1n) is 5.05. The monoisotopic (exact) mass is 383 g/mol. The predicted octanol–water partition coefficient (Wildman–Crippen LogP) is 1.51. The van der Waals surface area contributed by atoms with Crippen molar-refractivity contribution in [1.29, 1.82) is 0 Å². The Morgan fingerprint density at radius 3 is 2.61 bits per heavy atom. The zero-order chi connectivity index (χ0) is 13.7. The molecule has 98 valence electrons. The predicted molar refractivity (Wildman–Crippen MR) is 74.8 cm³/mol. The maximum absolute atomic E-state index is 11.8. The number of halogens is 2. The molecule has 0 bridgehead atoms. The highest BCUT2D eigenvalue weighted by molar-refractivity contribution is 14.1. The topological polar surface area (TPSA) is 86.6 Å². The number of carboxylic acid groups (broad SMARTS) is 1. The summed E-state index contributed by atoms with van der Waals surface area (Å²) in [5.74, 6) is -1.72. The van der Waals surface area contributed by atoms with Crippen LogP contribution in [0.4, 0.5) is 0 Å². The number of aliphatic carboxylic acids is 1. The highest BCUT2D eigenvalue weighted by Crippen LogP contribution is 2.19. The summed E-state index contributed by atoms with van der Waals surface area (Å²) in [5.41, 5.74) is 0.282. The van der Waals surface area contributed by atoms with E-state index in [1.165, 1.54) is 6.07 Å². The molecule has 0 aliphatic heterocycles. The van der Waals surface area contributed by atoms with Crippen molar-refractivity contribution in [2.24, 2.45) is 0 Å². The lowest BCUT2D eigenvalue weighted by atomic mass is 10.1. The van der Waals surface area contributed by atoms with E-state index in [2.05, 4.69) is 5.32 Å². The molecule has 0 aliphatic carbocycles. The highest BCUT2D eigenvalue weighted by atomic mass is 127. The number of carboxylic acids is 1. The first-order chi connectivity index (χ1) is 8.45. The molecule has 0 aliphatic rings. The highest BCUT2D eigenvalue weighted by Gasteiger charge is 2.20. The number of aliphatic hydroxyl groups is 1. The Balaban J connectivity index is 2.80. The standard InChI is InChI=1S/C11H11ClINO4/c12-7-5-6(1-2-8(7)13)10(16)14-9(3-4-15)11(17)18/h1-2,5,9,15H,3-4H2,(H,14,16)(H,17,18)/t9-/m0/s1. The molecule has 0 radical (unpaired) electrons. The van der Waals surface area contributed by atoms with Crippen LogP contribution in [-0.4, -0.2) is 34.7 Å². The number of amides is 1. The van der Waals surface area contributed by atoms with Gasteiger partial charge < -0.3 is 15.5 Å². The second-order valence-electron chi connectivity index (χ2n) is 3.51. The zero-order valence-corrected chi connectivity index (χ0v) is 12.1. The summed E-state index contributed by atoms with van der Waals surface area (Å²) >= 11 is 7.90. The molecule has 0 fully saturated rings.